The first-order valence-corrected chi connectivity index (χ1v) is 6.64. The summed E-state index contributed by atoms with van der Waals surface area (Å²) in [7, 11) is 0. The van der Waals surface area contributed by atoms with E-state index >= 15 is 0 Å². The number of rotatable bonds is 3. The van der Waals surface area contributed by atoms with Gasteiger partial charge in [-0.2, -0.15) is 0 Å². The van der Waals surface area contributed by atoms with Gasteiger partial charge in [-0.3, -0.25) is 4.79 Å². The number of aryl methyl sites for hydroxylation is 1. The highest BCUT2D eigenvalue weighted by Gasteiger charge is 2.25. The smallest absolute Gasteiger partial charge is 0.270 e. The van der Waals surface area contributed by atoms with Crippen LogP contribution in [-0.4, -0.2) is 35.0 Å². The third-order valence-corrected chi connectivity index (χ3v) is 3.40. The Morgan fingerprint density at radius 3 is 2.72 bits per heavy atom. The zero-order chi connectivity index (χ0) is 12.5. The van der Waals surface area contributed by atoms with Crippen molar-refractivity contribution < 1.29 is 4.79 Å². The minimum Gasteiger partial charge on any atom is -0.356 e. The van der Waals surface area contributed by atoms with E-state index in [0.29, 0.717) is 17.6 Å². The molecule has 1 saturated carbocycles. The SMILES string of the molecule is Cc1nc(C(=O)NC2CC2)cc(N2CCCC2)n1. The first kappa shape index (κ1) is 11.4. The van der Waals surface area contributed by atoms with Crippen LogP contribution in [0.15, 0.2) is 6.07 Å². The average molecular weight is 246 g/mol. The van der Waals surface area contributed by atoms with Crippen molar-refractivity contribution in [3.05, 3.63) is 17.6 Å². The Morgan fingerprint density at radius 2 is 2.06 bits per heavy atom. The van der Waals surface area contributed by atoms with Gasteiger partial charge in [0.05, 0.1) is 0 Å². The number of carbonyl (C=O) groups excluding carboxylic acids is 1. The second-order valence-corrected chi connectivity index (χ2v) is 5.10. The maximum atomic E-state index is 12.0. The fraction of sp³-hybridized carbons (Fsp3) is 0.615. The van der Waals surface area contributed by atoms with Crippen molar-refractivity contribution in [3.8, 4) is 0 Å². The summed E-state index contributed by atoms with van der Waals surface area (Å²) in [6, 6.07) is 2.18. The summed E-state index contributed by atoms with van der Waals surface area (Å²) in [6.45, 7) is 3.90. The molecular weight excluding hydrogens is 228 g/mol. The number of aromatic nitrogens is 2. The molecule has 0 atom stereocenters. The summed E-state index contributed by atoms with van der Waals surface area (Å²) < 4.78 is 0. The third kappa shape index (κ3) is 2.44. The van der Waals surface area contributed by atoms with Gasteiger partial charge < -0.3 is 10.2 Å². The number of hydrogen-bond acceptors (Lipinski definition) is 4. The van der Waals surface area contributed by atoms with Crippen LogP contribution in [0.1, 0.15) is 42.0 Å². The van der Waals surface area contributed by atoms with Crippen LogP contribution in [0.2, 0.25) is 0 Å². The molecule has 0 aromatic carbocycles. The molecule has 1 aliphatic heterocycles. The van der Waals surface area contributed by atoms with E-state index in [-0.39, 0.29) is 5.91 Å². The Kier molecular flexibility index (Phi) is 2.89. The predicted molar refractivity (Wildman–Crippen MR) is 68.7 cm³/mol. The lowest BCUT2D eigenvalue weighted by Crippen LogP contribution is -2.27. The molecule has 2 heterocycles. The Labute approximate surface area is 107 Å². The molecule has 2 aliphatic rings. The van der Waals surface area contributed by atoms with Gasteiger partial charge in [0.15, 0.2) is 0 Å². The first-order valence-electron chi connectivity index (χ1n) is 6.64. The van der Waals surface area contributed by atoms with E-state index in [9.17, 15) is 4.79 Å². The molecule has 0 bridgehead atoms. The molecule has 1 N–H and O–H groups in total. The highest BCUT2D eigenvalue weighted by molar-refractivity contribution is 5.93. The van der Waals surface area contributed by atoms with Crippen LogP contribution in [0.25, 0.3) is 0 Å². The molecule has 0 spiro atoms. The highest BCUT2D eigenvalue weighted by atomic mass is 16.2. The van der Waals surface area contributed by atoms with Crippen molar-refractivity contribution >= 4 is 11.7 Å². The lowest BCUT2D eigenvalue weighted by atomic mass is 10.3. The highest BCUT2D eigenvalue weighted by Crippen LogP contribution is 2.21. The van der Waals surface area contributed by atoms with E-state index < -0.39 is 0 Å². The summed E-state index contributed by atoms with van der Waals surface area (Å²) in [6.07, 6.45) is 4.59. The van der Waals surface area contributed by atoms with Crippen LogP contribution in [-0.2, 0) is 0 Å². The fourth-order valence-corrected chi connectivity index (χ4v) is 2.26. The monoisotopic (exact) mass is 246 g/mol. The van der Waals surface area contributed by atoms with Gasteiger partial charge in [0.2, 0.25) is 0 Å². The largest absolute Gasteiger partial charge is 0.356 e. The molecule has 5 nitrogen and oxygen atoms in total. The molecule has 1 saturated heterocycles. The van der Waals surface area contributed by atoms with Gasteiger partial charge >= 0.3 is 0 Å². The minimum absolute atomic E-state index is 0.0663. The number of nitrogens with zero attached hydrogens (tertiary/aromatic N) is 3. The van der Waals surface area contributed by atoms with E-state index in [4.69, 9.17) is 0 Å². The molecule has 1 amide bonds. The molecule has 1 aromatic rings. The van der Waals surface area contributed by atoms with Gasteiger partial charge in [-0.1, -0.05) is 0 Å². The van der Waals surface area contributed by atoms with E-state index in [0.717, 1.165) is 31.7 Å². The molecular formula is C13H18N4O. The molecule has 1 aromatic heterocycles. The number of amides is 1. The third-order valence-electron chi connectivity index (χ3n) is 3.40. The maximum Gasteiger partial charge on any atom is 0.270 e. The molecule has 1 aliphatic carbocycles. The normalized spacial score (nSPS) is 19.1. The van der Waals surface area contributed by atoms with E-state index in [2.05, 4.69) is 20.2 Å². The second-order valence-electron chi connectivity index (χ2n) is 5.10. The van der Waals surface area contributed by atoms with E-state index in [1.165, 1.54) is 12.8 Å². The van der Waals surface area contributed by atoms with Gasteiger partial charge in [0.25, 0.3) is 5.91 Å². The van der Waals surface area contributed by atoms with Crippen molar-refractivity contribution in [2.45, 2.75) is 38.6 Å². The van der Waals surface area contributed by atoms with Gasteiger partial charge in [-0.15, -0.1) is 0 Å². The van der Waals surface area contributed by atoms with Crippen LogP contribution < -0.4 is 10.2 Å². The van der Waals surface area contributed by atoms with Crippen LogP contribution >= 0.6 is 0 Å². The topological polar surface area (TPSA) is 58.1 Å². The molecule has 96 valence electrons. The first-order chi connectivity index (χ1) is 8.72. The number of nitrogens with one attached hydrogen (secondary N) is 1. The van der Waals surface area contributed by atoms with E-state index in [1.807, 2.05) is 13.0 Å². The molecule has 0 radical (unpaired) electrons. The molecule has 3 rings (SSSR count). The molecule has 2 fully saturated rings. The summed E-state index contributed by atoms with van der Waals surface area (Å²) in [5.41, 5.74) is 0.497. The number of carbonyl (C=O) groups is 1. The van der Waals surface area contributed by atoms with Crippen molar-refractivity contribution in [2.24, 2.45) is 0 Å². The van der Waals surface area contributed by atoms with Gasteiger partial charge in [0, 0.05) is 25.2 Å². The lowest BCUT2D eigenvalue weighted by molar-refractivity contribution is 0.0945. The maximum absolute atomic E-state index is 12.0. The summed E-state index contributed by atoms with van der Waals surface area (Å²) >= 11 is 0. The summed E-state index contributed by atoms with van der Waals surface area (Å²) in [4.78, 5) is 22.9. The molecule has 0 unspecified atom stereocenters. The van der Waals surface area contributed by atoms with Crippen LogP contribution in [0.4, 0.5) is 5.82 Å². The molecule has 18 heavy (non-hydrogen) atoms. The van der Waals surface area contributed by atoms with Crippen LogP contribution in [0.3, 0.4) is 0 Å². The van der Waals surface area contributed by atoms with Gasteiger partial charge in [-0.05, 0) is 32.6 Å². The molecule has 5 heteroatoms. The Bertz CT molecular complexity index is 464. The fourth-order valence-electron chi connectivity index (χ4n) is 2.26. The average Bonchev–Trinajstić information content (AvgIpc) is 2.99. The lowest BCUT2D eigenvalue weighted by Gasteiger charge is -2.17. The number of anilines is 1. The second kappa shape index (κ2) is 4.55. The Balaban J connectivity index is 1.82. The van der Waals surface area contributed by atoms with E-state index in [1.54, 1.807) is 0 Å². The van der Waals surface area contributed by atoms with Gasteiger partial charge in [-0.25, -0.2) is 9.97 Å². The quantitative estimate of drug-likeness (QED) is 0.872. The van der Waals surface area contributed by atoms with Crippen LogP contribution in [0.5, 0.6) is 0 Å². The summed E-state index contributed by atoms with van der Waals surface area (Å²) in [5, 5.41) is 2.97. The standard InChI is InChI=1S/C13H18N4O/c1-9-14-11(13(18)16-10-4-5-10)8-12(15-9)17-6-2-3-7-17/h8,10H,2-7H2,1H3,(H,16,18). The van der Waals surface area contributed by atoms with Gasteiger partial charge in [0.1, 0.15) is 17.3 Å². The Hall–Kier alpha value is -1.65. The van der Waals surface area contributed by atoms with Crippen LogP contribution in [0, 0.1) is 6.92 Å². The predicted octanol–water partition coefficient (Wildman–Crippen LogP) is 1.28. The zero-order valence-electron chi connectivity index (χ0n) is 10.6. The number of hydrogen-bond donors (Lipinski definition) is 1. The summed E-state index contributed by atoms with van der Waals surface area (Å²) in [5.74, 6) is 1.49. The van der Waals surface area contributed by atoms with Crippen molar-refractivity contribution in [1.29, 1.82) is 0 Å². The zero-order valence-corrected chi connectivity index (χ0v) is 10.6. The Morgan fingerprint density at radius 1 is 1.33 bits per heavy atom. The van der Waals surface area contributed by atoms with Crippen molar-refractivity contribution in [1.82, 2.24) is 15.3 Å². The minimum atomic E-state index is -0.0663. The van der Waals surface area contributed by atoms with Crippen molar-refractivity contribution in [2.75, 3.05) is 18.0 Å². The van der Waals surface area contributed by atoms with Crippen molar-refractivity contribution in [3.63, 3.8) is 0 Å².